The van der Waals surface area contributed by atoms with Crippen LogP contribution >= 0.6 is 0 Å². The monoisotopic (exact) mass is 291 g/mol. The standard InChI is InChI=1S/C11H8N4O6/c16-6-4(7(17)13-10(20)12-6)2-1-3-5-8(18)14-11(21)15-9(5)19/h1-3H,(H2,12,13,16,17,20)(H3,14,15,18,19,21)/p-1/b3-1+. The Balaban J connectivity index is 2.31. The molecule has 0 unspecified atom stereocenters. The van der Waals surface area contributed by atoms with Crippen LogP contribution < -0.4 is 27.0 Å². The Morgan fingerprint density at radius 1 is 0.905 bits per heavy atom. The summed E-state index contributed by atoms with van der Waals surface area (Å²) in [6.45, 7) is 0. The van der Waals surface area contributed by atoms with Crippen molar-refractivity contribution in [3.63, 3.8) is 0 Å². The van der Waals surface area contributed by atoms with E-state index in [2.05, 4.69) is 0 Å². The summed E-state index contributed by atoms with van der Waals surface area (Å²) in [5, 5.41) is 15.1. The zero-order valence-electron chi connectivity index (χ0n) is 10.2. The molecule has 0 saturated carbocycles. The number of imide groups is 2. The summed E-state index contributed by atoms with van der Waals surface area (Å²) in [4.78, 5) is 59.4. The largest absolute Gasteiger partial charge is 0.860 e. The molecule has 1 aromatic heterocycles. The van der Waals surface area contributed by atoms with Crippen LogP contribution in [0.3, 0.4) is 0 Å². The lowest BCUT2D eigenvalue weighted by atomic mass is 10.1. The minimum Gasteiger partial charge on any atom is -0.860 e. The Hall–Kier alpha value is -3.43. The van der Waals surface area contributed by atoms with Crippen LogP contribution in [-0.4, -0.2) is 27.8 Å². The van der Waals surface area contributed by atoms with Gasteiger partial charge in [0.05, 0.1) is 0 Å². The molecule has 0 aliphatic carbocycles. The Labute approximate surface area is 115 Å². The van der Waals surface area contributed by atoms with Crippen LogP contribution in [0.15, 0.2) is 27.3 Å². The second kappa shape index (κ2) is 5.28. The molecule has 1 aliphatic heterocycles. The lowest BCUT2D eigenvalue weighted by molar-refractivity contribution is -0.275. The van der Waals surface area contributed by atoms with Gasteiger partial charge in [0.15, 0.2) is 0 Å². The van der Waals surface area contributed by atoms with Gasteiger partial charge in [-0.05, 0) is 18.0 Å². The molecule has 1 fully saturated rings. The van der Waals surface area contributed by atoms with Gasteiger partial charge in [0, 0.05) is 5.56 Å². The fraction of sp³-hybridized carbons (Fsp3) is 0. The summed E-state index contributed by atoms with van der Waals surface area (Å²) in [5.74, 6) is -2.73. The smallest absolute Gasteiger partial charge is 0.328 e. The van der Waals surface area contributed by atoms with E-state index in [1.165, 1.54) is 0 Å². The highest BCUT2D eigenvalue weighted by Crippen LogP contribution is 2.05. The Bertz CT molecular complexity index is 791. The number of hydrogen-bond donors (Lipinski definition) is 4. The summed E-state index contributed by atoms with van der Waals surface area (Å²) < 4.78 is 0. The summed E-state index contributed by atoms with van der Waals surface area (Å²) in [7, 11) is 0. The second-order valence-electron chi connectivity index (χ2n) is 3.83. The van der Waals surface area contributed by atoms with Gasteiger partial charge in [0.1, 0.15) is 5.57 Å². The molecule has 0 aromatic carbocycles. The maximum absolute atomic E-state index is 11.4. The minimum atomic E-state index is -0.940. The topological polar surface area (TPSA) is 164 Å². The third kappa shape index (κ3) is 2.94. The van der Waals surface area contributed by atoms with Crippen molar-refractivity contribution >= 4 is 23.9 Å². The van der Waals surface area contributed by atoms with Crippen molar-refractivity contribution in [2.24, 2.45) is 0 Å². The van der Waals surface area contributed by atoms with E-state index in [0.717, 1.165) is 18.2 Å². The first kappa shape index (κ1) is 14.0. The molecule has 108 valence electrons. The van der Waals surface area contributed by atoms with Crippen molar-refractivity contribution in [1.82, 2.24) is 20.6 Å². The summed E-state index contributed by atoms with van der Waals surface area (Å²) >= 11 is 0. The SMILES string of the molecule is O=C1NC(=O)C(=C/C=C/c2c([O-])[nH]c(=O)[nH]c2=O)C(=O)N1. The third-order valence-electron chi connectivity index (χ3n) is 2.41. The molecule has 0 bridgehead atoms. The van der Waals surface area contributed by atoms with Crippen LogP contribution in [-0.2, 0) is 9.59 Å². The van der Waals surface area contributed by atoms with Gasteiger partial charge in [0.25, 0.3) is 17.4 Å². The predicted octanol–water partition coefficient (Wildman–Crippen LogP) is -2.56. The molecule has 21 heavy (non-hydrogen) atoms. The molecule has 1 saturated heterocycles. The Morgan fingerprint density at radius 3 is 2.10 bits per heavy atom. The normalized spacial score (nSPS) is 15.0. The van der Waals surface area contributed by atoms with Crippen LogP contribution in [0.2, 0.25) is 0 Å². The molecule has 2 rings (SSSR count). The van der Waals surface area contributed by atoms with Gasteiger partial charge in [0.2, 0.25) is 0 Å². The number of nitrogens with one attached hydrogen (secondary N) is 4. The van der Waals surface area contributed by atoms with Crippen LogP contribution in [0.5, 0.6) is 5.88 Å². The molecule has 0 spiro atoms. The Morgan fingerprint density at radius 2 is 1.52 bits per heavy atom. The number of rotatable bonds is 2. The molecular formula is C11H7N4O6-. The predicted molar refractivity (Wildman–Crippen MR) is 65.9 cm³/mol. The fourth-order valence-corrected chi connectivity index (χ4v) is 1.49. The maximum Gasteiger partial charge on any atom is 0.328 e. The van der Waals surface area contributed by atoms with E-state index in [0.29, 0.717) is 0 Å². The van der Waals surface area contributed by atoms with Gasteiger partial charge in [-0.25, -0.2) is 9.59 Å². The zero-order valence-corrected chi connectivity index (χ0v) is 10.2. The number of carbonyl (C=O) groups excluding carboxylic acids is 3. The van der Waals surface area contributed by atoms with Crippen LogP contribution in [0.25, 0.3) is 6.08 Å². The second-order valence-corrected chi connectivity index (χ2v) is 3.83. The molecule has 1 aromatic rings. The maximum atomic E-state index is 11.4. The third-order valence-corrected chi connectivity index (χ3v) is 2.41. The lowest BCUT2D eigenvalue weighted by Gasteiger charge is -2.13. The molecular weight excluding hydrogens is 284 g/mol. The van der Waals surface area contributed by atoms with E-state index >= 15 is 0 Å². The molecule has 0 radical (unpaired) electrons. The van der Waals surface area contributed by atoms with Gasteiger partial charge in [-0.2, -0.15) is 0 Å². The molecule has 2 heterocycles. The summed E-state index contributed by atoms with van der Waals surface area (Å²) in [6.07, 6.45) is 3.12. The van der Waals surface area contributed by atoms with Crippen LogP contribution in [0.1, 0.15) is 5.56 Å². The zero-order chi connectivity index (χ0) is 15.6. The molecule has 10 nitrogen and oxygen atoms in total. The van der Waals surface area contributed by atoms with Crippen molar-refractivity contribution in [2.45, 2.75) is 0 Å². The quantitative estimate of drug-likeness (QED) is 0.346. The summed E-state index contributed by atoms with van der Waals surface area (Å²) in [6, 6.07) is -0.940. The lowest BCUT2D eigenvalue weighted by Crippen LogP contribution is -2.51. The number of amides is 4. The number of aromatic amines is 2. The number of H-pyrrole nitrogens is 2. The highest BCUT2D eigenvalue weighted by molar-refractivity contribution is 6.29. The molecule has 1 aliphatic rings. The van der Waals surface area contributed by atoms with Crippen molar-refractivity contribution in [3.05, 3.63) is 44.1 Å². The highest BCUT2D eigenvalue weighted by atomic mass is 16.3. The number of carbonyl (C=O) groups is 3. The van der Waals surface area contributed by atoms with Gasteiger partial charge in [-0.15, -0.1) is 0 Å². The van der Waals surface area contributed by atoms with Gasteiger partial charge in [-0.1, -0.05) is 6.08 Å². The molecule has 0 atom stereocenters. The van der Waals surface area contributed by atoms with Gasteiger partial charge in [-0.3, -0.25) is 30.0 Å². The molecule has 10 heteroatoms. The first-order valence-corrected chi connectivity index (χ1v) is 5.47. The summed E-state index contributed by atoms with van der Waals surface area (Å²) in [5.41, 5.74) is -2.60. The van der Waals surface area contributed by atoms with E-state index in [-0.39, 0.29) is 11.1 Å². The van der Waals surface area contributed by atoms with E-state index in [1.807, 2.05) is 20.6 Å². The van der Waals surface area contributed by atoms with Gasteiger partial charge < -0.3 is 10.1 Å². The average molecular weight is 291 g/mol. The number of allylic oxidation sites excluding steroid dienone is 2. The van der Waals surface area contributed by atoms with Crippen LogP contribution in [0.4, 0.5) is 4.79 Å². The van der Waals surface area contributed by atoms with E-state index in [1.54, 1.807) is 0 Å². The fourth-order valence-electron chi connectivity index (χ4n) is 1.49. The van der Waals surface area contributed by atoms with E-state index in [4.69, 9.17) is 0 Å². The number of hydrogen-bond acceptors (Lipinski definition) is 6. The van der Waals surface area contributed by atoms with E-state index in [9.17, 15) is 29.1 Å². The minimum absolute atomic E-state index is 0.376. The highest BCUT2D eigenvalue weighted by Gasteiger charge is 2.26. The number of barbiturate groups is 1. The first-order valence-electron chi connectivity index (χ1n) is 5.47. The first-order chi connectivity index (χ1) is 9.88. The Kier molecular flexibility index (Phi) is 3.52. The van der Waals surface area contributed by atoms with Gasteiger partial charge >= 0.3 is 11.7 Å². The molecule has 4 amide bonds. The number of urea groups is 1. The van der Waals surface area contributed by atoms with Crippen molar-refractivity contribution in [2.75, 3.05) is 0 Å². The van der Waals surface area contributed by atoms with Crippen molar-refractivity contribution < 1.29 is 19.5 Å². The molecule has 4 N–H and O–H groups in total. The van der Waals surface area contributed by atoms with Crippen molar-refractivity contribution in [1.29, 1.82) is 0 Å². The van der Waals surface area contributed by atoms with E-state index < -0.39 is 35.0 Å². The van der Waals surface area contributed by atoms with Crippen LogP contribution in [0, 0.1) is 0 Å². The average Bonchev–Trinajstić information content (AvgIpc) is 2.34. The number of aromatic nitrogens is 2. The van der Waals surface area contributed by atoms with Crippen molar-refractivity contribution in [3.8, 4) is 5.88 Å².